The van der Waals surface area contributed by atoms with Crippen molar-refractivity contribution < 1.29 is 4.79 Å². The summed E-state index contributed by atoms with van der Waals surface area (Å²) >= 11 is 0. The zero-order valence-electron chi connectivity index (χ0n) is 11.4. The summed E-state index contributed by atoms with van der Waals surface area (Å²) in [6, 6.07) is 10.6. The lowest BCUT2D eigenvalue weighted by atomic mass is 10.2. The van der Waals surface area contributed by atoms with E-state index < -0.39 is 0 Å². The second-order valence-corrected chi connectivity index (χ2v) is 5.00. The Morgan fingerprint density at radius 3 is 2.58 bits per heavy atom. The Balaban J connectivity index is 1.85. The first kappa shape index (κ1) is 14.0. The summed E-state index contributed by atoms with van der Waals surface area (Å²) in [5, 5.41) is 6.11. The minimum absolute atomic E-state index is 0.108. The molecule has 0 spiro atoms. The molecule has 0 unspecified atom stereocenters. The molecule has 1 saturated heterocycles. The largest absolute Gasteiger partial charge is 0.355 e. The highest BCUT2D eigenvalue weighted by Gasteiger charge is 2.08. The highest BCUT2D eigenvalue weighted by molar-refractivity contribution is 5.77. The van der Waals surface area contributed by atoms with Crippen LogP contribution < -0.4 is 10.6 Å². The van der Waals surface area contributed by atoms with Crippen LogP contribution in [0, 0.1) is 0 Å². The third-order valence-corrected chi connectivity index (χ3v) is 3.34. The van der Waals surface area contributed by atoms with E-state index in [-0.39, 0.29) is 5.91 Å². The minimum atomic E-state index is 0.108. The van der Waals surface area contributed by atoms with E-state index in [1.54, 1.807) is 0 Å². The maximum Gasteiger partial charge on any atom is 0.233 e. The number of rotatable bonds is 2. The number of carbonyl (C=O) groups excluding carboxylic acids is 1. The third kappa shape index (κ3) is 5.41. The molecule has 4 heteroatoms. The lowest BCUT2D eigenvalue weighted by Gasteiger charge is -2.22. The van der Waals surface area contributed by atoms with Gasteiger partial charge in [-0.1, -0.05) is 30.3 Å². The zero-order chi connectivity index (χ0) is 13.3. The molecule has 0 radical (unpaired) electrons. The Morgan fingerprint density at radius 2 is 1.79 bits per heavy atom. The first-order chi connectivity index (χ1) is 9.34. The normalized spacial score (nSPS) is 19.5. The van der Waals surface area contributed by atoms with Crippen LogP contribution in [-0.2, 0) is 11.3 Å². The molecule has 19 heavy (non-hydrogen) atoms. The number of benzene rings is 1. The molecule has 104 valence electrons. The summed E-state index contributed by atoms with van der Waals surface area (Å²) < 4.78 is 0. The number of nitrogens with one attached hydrogen (secondary N) is 2. The van der Waals surface area contributed by atoms with Crippen molar-refractivity contribution in [1.29, 1.82) is 0 Å². The van der Waals surface area contributed by atoms with Crippen LogP contribution in [0.4, 0.5) is 0 Å². The van der Waals surface area contributed by atoms with Crippen molar-refractivity contribution in [3.05, 3.63) is 35.9 Å². The van der Waals surface area contributed by atoms with Gasteiger partial charge in [0.1, 0.15) is 0 Å². The van der Waals surface area contributed by atoms with Gasteiger partial charge in [-0.3, -0.25) is 9.69 Å². The van der Waals surface area contributed by atoms with Crippen molar-refractivity contribution in [2.45, 2.75) is 19.4 Å². The van der Waals surface area contributed by atoms with Gasteiger partial charge in [-0.2, -0.15) is 0 Å². The summed E-state index contributed by atoms with van der Waals surface area (Å²) in [5.74, 6) is 0.108. The van der Waals surface area contributed by atoms with Crippen molar-refractivity contribution in [3.63, 3.8) is 0 Å². The van der Waals surface area contributed by atoms with Crippen molar-refractivity contribution in [3.8, 4) is 0 Å². The van der Waals surface area contributed by atoms with E-state index in [2.05, 4.69) is 45.9 Å². The topological polar surface area (TPSA) is 44.4 Å². The van der Waals surface area contributed by atoms with Gasteiger partial charge in [0.25, 0.3) is 0 Å². The van der Waals surface area contributed by atoms with E-state index in [1.807, 2.05) is 0 Å². The van der Waals surface area contributed by atoms with E-state index in [0.29, 0.717) is 6.54 Å². The van der Waals surface area contributed by atoms with Gasteiger partial charge in [-0.15, -0.1) is 0 Å². The van der Waals surface area contributed by atoms with Gasteiger partial charge in [0.2, 0.25) is 5.91 Å². The molecule has 1 aliphatic rings. The molecule has 4 nitrogen and oxygen atoms in total. The molecule has 1 aliphatic heterocycles. The van der Waals surface area contributed by atoms with Crippen LogP contribution in [0.15, 0.2) is 30.3 Å². The summed E-state index contributed by atoms with van der Waals surface area (Å²) in [7, 11) is 0. The van der Waals surface area contributed by atoms with E-state index in [0.717, 1.165) is 45.6 Å². The van der Waals surface area contributed by atoms with E-state index in [9.17, 15) is 4.79 Å². The highest BCUT2D eigenvalue weighted by atomic mass is 16.1. The van der Waals surface area contributed by atoms with Crippen LogP contribution in [0.5, 0.6) is 0 Å². The lowest BCUT2D eigenvalue weighted by Crippen LogP contribution is -2.34. The van der Waals surface area contributed by atoms with Crippen molar-refractivity contribution in [1.82, 2.24) is 15.5 Å². The van der Waals surface area contributed by atoms with E-state index in [4.69, 9.17) is 0 Å². The first-order valence-corrected chi connectivity index (χ1v) is 7.08. The number of nitrogens with zero attached hydrogens (tertiary/aromatic N) is 1. The van der Waals surface area contributed by atoms with Gasteiger partial charge in [0.05, 0.1) is 6.54 Å². The molecule has 1 aromatic rings. The molecular formula is C15H23N3O. The fraction of sp³-hybridized carbons (Fsp3) is 0.533. The summed E-state index contributed by atoms with van der Waals surface area (Å²) in [6.07, 6.45) is 2.10. The van der Waals surface area contributed by atoms with Crippen LogP contribution in [0.1, 0.15) is 18.4 Å². The Morgan fingerprint density at radius 1 is 1.05 bits per heavy atom. The second-order valence-electron chi connectivity index (χ2n) is 5.00. The summed E-state index contributed by atoms with van der Waals surface area (Å²) in [5.41, 5.74) is 1.36. The second kappa shape index (κ2) is 7.92. The smallest absolute Gasteiger partial charge is 0.233 e. The summed E-state index contributed by atoms with van der Waals surface area (Å²) in [6.45, 7) is 5.23. The molecule has 1 fully saturated rings. The van der Waals surface area contributed by atoms with Gasteiger partial charge in [0.15, 0.2) is 0 Å². The van der Waals surface area contributed by atoms with Gasteiger partial charge in [-0.05, 0) is 31.5 Å². The molecule has 0 aromatic heterocycles. The molecule has 1 heterocycles. The average molecular weight is 261 g/mol. The Hall–Kier alpha value is -1.39. The predicted molar refractivity (Wildman–Crippen MR) is 76.8 cm³/mol. The third-order valence-electron chi connectivity index (χ3n) is 3.34. The number of carbonyl (C=O) groups is 1. The van der Waals surface area contributed by atoms with Gasteiger partial charge >= 0.3 is 0 Å². The minimum Gasteiger partial charge on any atom is -0.355 e. The molecule has 0 bridgehead atoms. The number of hydrogen-bond donors (Lipinski definition) is 2. The Labute approximate surface area is 115 Å². The van der Waals surface area contributed by atoms with Gasteiger partial charge < -0.3 is 10.6 Å². The standard InChI is InChI=1S/C15H23N3O/c19-15-12-16-8-4-10-18(11-5-9-17-15)13-14-6-2-1-3-7-14/h1-3,6-7,16H,4-5,8-13H2,(H,17,19). The first-order valence-electron chi connectivity index (χ1n) is 7.08. The molecule has 1 amide bonds. The molecule has 1 aromatic carbocycles. The number of amides is 1. The maximum absolute atomic E-state index is 11.4. The quantitative estimate of drug-likeness (QED) is 0.834. The zero-order valence-corrected chi connectivity index (χ0v) is 11.4. The fourth-order valence-corrected chi connectivity index (χ4v) is 2.33. The molecular weight excluding hydrogens is 238 g/mol. The van der Waals surface area contributed by atoms with Crippen molar-refractivity contribution in [2.24, 2.45) is 0 Å². The SMILES string of the molecule is O=C1CNCCCN(Cc2ccccc2)CCCN1. The van der Waals surface area contributed by atoms with Crippen LogP contribution in [0.2, 0.25) is 0 Å². The van der Waals surface area contributed by atoms with E-state index in [1.165, 1.54) is 5.56 Å². The molecule has 2 rings (SSSR count). The van der Waals surface area contributed by atoms with Crippen LogP contribution >= 0.6 is 0 Å². The van der Waals surface area contributed by atoms with Crippen LogP contribution in [0.3, 0.4) is 0 Å². The van der Waals surface area contributed by atoms with Crippen LogP contribution in [0.25, 0.3) is 0 Å². The molecule has 0 saturated carbocycles. The summed E-state index contributed by atoms with van der Waals surface area (Å²) in [4.78, 5) is 13.9. The number of hydrogen-bond acceptors (Lipinski definition) is 3. The average Bonchev–Trinajstić information content (AvgIpc) is 2.47. The van der Waals surface area contributed by atoms with Gasteiger partial charge in [0, 0.05) is 19.6 Å². The molecule has 2 N–H and O–H groups in total. The van der Waals surface area contributed by atoms with Gasteiger partial charge in [-0.25, -0.2) is 0 Å². The molecule has 0 aliphatic carbocycles. The van der Waals surface area contributed by atoms with Crippen molar-refractivity contribution in [2.75, 3.05) is 32.7 Å². The van der Waals surface area contributed by atoms with Crippen molar-refractivity contribution >= 4 is 5.91 Å². The fourth-order valence-electron chi connectivity index (χ4n) is 2.33. The maximum atomic E-state index is 11.4. The lowest BCUT2D eigenvalue weighted by molar-refractivity contribution is -0.120. The Kier molecular flexibility index (Phi) is 5.85. The van der Waals surface area contributed by atoms with E-state index >= 15 is 0 Å². The highest BCUT2D eigenvalue weighted by Crippen LogP contribution is 2.05. The van der Waals surface area contributed by atoms with Crippen LogP contribution in [-0.4, -0.2) is 43.5 Å². The monoisotopic (exact) mass is 261 g/mol. The Bertz CT molecular complexity index is 380. The predicted octanol–water partition coefficient (Wildman–Crippen LogP) is 0.988. The molecule has 0 atom stereocenters.